The zero-order valence-electron chi connectivity index (χ0n) is 10.8. The van der Waals surface area contributed by atoms with Crippen LogP contribution in [-0.2, 0) is 12.8 Å². The number of benzene rings is 2. The summed E-state index contributed by atoms with van der Waals surface area (Å²) < 4.78 is 13.8. The summed E-state index contributed by atoms with van der Waals surface area (Å²) in [7, 11) is 0. The monoisotopic (exact) mass is 243 g/mol. The van der Waals surface area contributed by atoms with Gasteiger partial charge in [0.1, 0.15) is 5.82 Å². The lowest BCUT2D eigenvalue weighted by Crippen LogP contribution is -2.00. The summed E-state index contributed by atoms with van der Waals surface area (Å²) in [4.78, 5) is 0. The van der Waals surface area contributed by atoms with Crippen LogP contribution in [0.25, 0.3) is 0 Å². The van der Waals surface area contributed by atoms with Crippen molar-refractivity contribution in [2.45, 2.75) is 26.7 Å². The standard InChI is InChI=1S/C16H18FN/c1-11-3-5-13(6-4-11)7-8-15-12(2)9-14(18)10-16(15)17/h3-6,9-10H,7-8,18H2,1-2H3. The number of rotatable bonds is 3. The van der Waals surface area contributed by atoms with Gasteiger partial charge >= 0.3 is 0 Å². The number of nitrogen functional groups attached to an aromatic ring is 1. The molecule has 1 nitrogen and oxygen atoms in total. The third-order valence-electron chi connectivity index (χ3n) is 3.23. The molecule has 2 N–H and O–H groups in total. The van der Waals surface area contributed by atoms with E-state index in [1.54, 1.807) is 0 Å². The molecule has 0 amide bonds. The van der Waals surface area contributed by atoms with Gasteiger partial charge in [0.25, 0.3) is 0 Å². The van der Waals surface area contributed by atoms with Crippen LogP contribution < -0.4 is 5.73 Å². The quantitative estimate of drug-likeness (QED) is 0.815. The van der Waals surface area contributed by atoms with Gasteiger partial charge in [0.05, 0.1) is 0 Å². The summed E-state index contributed by atoms with van der Waals surface area (Å²) in [6.07, 6.45) is 1.56. The number of aryl methyl sites for hydroxylation is 3. The fourth-order valence-electron chi connectivity index (χ4n) is 2.14. The maximum absolute atomic E-state index is 13.8. The Morgan fingerprint density at radius 2 is 1.67 bits per heavy atom. The second-order valence-electron chi connectivity index (χ2n) is 4.78. The van der Waals surface area contributed by atoms with Gasteiger partial charge in [0.15, 0.2) is 0 Å². The van der Waals surface area contributed by atoms with Crippen LogP contribution in [0.5, 0.6) is 0 Å². The average molecular weight is 243 g/mol. The average Bonchev–Trinajstić information content (AvgIpc) is 2.30. The predicted octanol–water partition coefficient (Wildman–Crippen LogP) is 3.81. The second kappa shape index (κ2) is 5.21. The second-order valence-corrected chi connectivity index (χ2v) is 4.78. The van der Waals surface area contributed by atoms with Crippen LogP contribution in [0.3, 0.4) is 0 Å². The van der Waals surface area contributed by atoms with Crippen LogP contribution in [0.4, 0.5) is 10.1 Å². The highest BCUT2D eigenvalue weighted by Gasteiger charge is 2.07. The van der Waals surface area contributed by atoms with Crippen LogP contribution in [0.15, 0.2) is 36.4 Å². The molecule has 2 rings (SSSR count). The van der Waals surface area contributed by atoms with Gasteiger partial charge in [-0.3, -0.25) is 0 Å². The molecule has 94 valence electrons. The Balaban J connectivity index is 2.13. The minimum absolute atomic E-state index is 0.195. The smallest absolute Gasteiger partial charge is 0.128 e. The number of anilines is 1. The predicted molar refractivity (Wildman–Crippen MR) is 74.1 cm³/mol. The van der Waals surface area contributed by atoms with E-state index in [9.17, 15) is 4.39 Å². The molecule has 2 heteroatoms. The molecule has 0 saturated carbocycles. The van der Waals surface area contributed by atoms with Gasteiger partial charge in [0, 0.05) is 5.69 Å². The first-order valence-corrected chi connectivity index (χ1v) is 6.16. The van der Waals surface area contributed by atoms with Crippen molar-refractivity contribution in [3.63, 3.8) is 0 Å². The molecule has 18 heavy (non-hydrogen) atoms. The number of halogens is 1. The molecule has 2 aromatic carbocycles. The summed E-state index contributed by atoms with van der Waals surface area (Å²) in [5, 5.41) is 0. The molecule has 0 spiro atoms. The molecule has 0 saturated heterocycles. The van der Waals surface area contributed by atoms with E-state index in [4.69, 9.17) is 5.73 Å². The first kappa shape index (κ1) is 12.6. The van der Waals surface area contributed by atoms with E-state index >= 15 is 0 Å². The molecule has 0 radical (unpaired) electrons. The molecule has 0 aliphatic carbocycles. The first-order valence-electron chi connectivity index (χ1n) is 6.16. The molecule has 0 atom stereocenters. The van der Waals surface area contributed by atoms with E-state index in [2.05, 4.69) is 31.2 Å². The minimum atomic E-state index is -0.195. The Bertz CT molecular complexity index is 521. The van der Waals surface area contributed by atoms with Gasteiger partial charge in [-0.1, -0.05) is 29.8 Å². The highest BCUT2D eigenvalue weighted by atomic mass is 19.1. The Morgan fingerprint density at radius 1 is 1.00 bits per heavy atom. The molecule has 0 unspecified atom stereocenters. The molecular formula is C16H18FN. The Morgan fingerprint density at radius 3 is 2.28 bits per heavy atom. The first-order chi connectivity index (χ1) is 8.56. The maximum Gasteiger partial charge on any atom is 0.128 e. The van der Waals surface area contributed by atoms with Crippen LogP contribution in [0.1, 0.15) is 22.3 Å². The topological polar surface area (TPSA) is 26.0 Å². The normalized spacial score (nSPS) is 10.6. The molecular weight excluding hydrogens is 225 g/mol. The molecule has 0 heterocycles. The van der Waals surface area contributed by atoms with E-state index in [1.165, 1.54) is 17.2 Å². The molecule has 0 fully saturated rings. The zero-order chi connectivity index (χ0) is 13.1. The van der Waals surface area contributed by atoms with Gasteiger partial charge < -0.3 is 5.73 Å². The Labute approximate surface area is 107 Å². The zero-order valence-corrected chi connectivity index (χ0v) is 10.8. The van der Waals surface area contributed by atoms with Crippen molar-refractivity contribution in [1.82, 2.24) is 0 Å². The number of hydrogen-bond donors (Lipinski definition) is 1. The largest absolute Gasteiger partial charge is 0.399 e. The lowest BCUT2D eigenvalue weighted by atomic mass is 9.99. The molecule has 0 bridgehead atoms. The van der Waals surface area contributed by atoms with E-state index in [1.807, 2.05) is 13.0 Å². The van der Waals surface area contributed by atoms with Crippen LogP contribution in [0, 0.1) is 19.7 Å². The maximum atomic E-state index is 13.8. The highest BCUT2D eigenvalue weighted by molar-refractivity contribution is 5.45. The van der Waals surface area contributed by atoms with Gasteiger partial charge in [0.2, 0.25) is 0 Å². The van der Waals surface area contributed by atoms with Crippen molar-refractivity contribution in [1.29, 1.82) is 0 Å². The summed E-state index contributed by atoms with van der Waals surface area (Å²) in [6, 6.07) is 11.6. The van der Waals surface area contributed by atoms with Crippen molar-refractivity contribution in [2.75, 3.05) is 5.73 Å². The van der Waals surface area contributed by atoms with Crippen molar-refractivity contribution in [2.24, 2.45) is 0 Å². The molecule has 0 aromatic heterocycles. The van der Waals surface area contributed by atoms with E-state index in [0.29, 0.717) is 12.1 Å². The molecule has 0 aliphatic heterocycles. The SMILES string of the molecule is Cc1ccc(CCc2c(C)cc(N)cc2F)cc1. The van der Waals surface area contributed by atoms with Gasteiger partial charge in [-0.2, -0.15) is 0 Å². The number of nitrogens with two attached hydrogens (primary N) is 1. The summed E-state index contributed by atoms with van der Waals surface area (Å²) in [6.45, 7) is 3.97. The van der Waals surface area contributed by atoms with Crippen molar-refractivity contribution < 1.29 is 4.39 Å². The molecule has 2 aromatic rings. The minimum Gasteiger partial charge on any atom is -0.399 e. The third-order valence-corrected chi connectivity index (χ3v) is 3.23. The highest BCUT2D eigenvalue weighted by Crippen LogP contribution is 2.19. The summed E-state index contributed by atoms with van der Waals surface area (Å²) in [5.74, 6) is -0.195. The Hall–Kier alpha value is -1.83. The Kier molecular flexibility index (Phi) is 3.66. The van der Waals surface area contributed by atoms with E-state index < -0.39 is 0 Å². The fourth-order valence-corrected chi connectivity index (χ4v) is 2.14. The van der Waals surface area contributed by atoms with Crippen molar-refractivity contribution in [3.05, 3.63) is 64.5 Å². The van der Waals surface area contributed by atoms with E-state index in [0.717, 1.165) is 17.5 Å². The van der Waals surface area contributed by atoms with Gasteiger partial charge in [-0.15, -0.1) is 0 Å². The van der Waals surface area contributed by atoms with Crippen molar-refractivity contribution >= 4 is 5.69 Å². The lowest BCUT2D eigenvalue weighted by Gasteiger charge is -2.09. The summed E-state index contributed by atoms with van der Waals surface area (Å²) >= 11 is 0. The van der Waals surface area contributed by atoms with Gasteiger partial charge in [-0.25, -0.2) is 4.39 Å². The number of hydrogen-bond acceptors (Lipinski definition) is 1. The van der Waals surface area contributed by atoms with Crippen molar-refractivity contribution in [3.8, 4) is 0 Å². The van der Waals surface area contributed by atoms with Crippen LogP contribution >= 0.6 is 0 Å². The third kappa shape index (κ3) is 2.89. The van der Waals surface area contributed by atoms with E-state index in [-0.39, 0.29) is 5.82 Å². The van der Waals surface area contributed by atoms with Crippen LogP contribution in [0.2, 0.25) is 0 Å². The molecule has 0 aliphatic rings. The lowest BCUT2D eigenvalue weighted by molar-refractivity contribution is 0.607. The van der Waals surface area contributed by atoms with Crippen LogP contribution in [-0.4, -0.2) is 0 Å². The fraction of sp³-hybridized carbons (Fsp3) is 0.250. The summed E-state index contributed by atoms with van der Waals surface area (Å²) in [5.41, 5.74) is 10.3. The van der Waals surface area contributed by atoms with Gasteiger partial charge in [-0.05, 0) is 55.5 Å².